The van der Waals surface area contributed by atoms with E-state index < -0.39 is 5.97 Å². The van der Waals surface area contributed by atoms with Gasteiger partial charge in [0.05, 0.1) is 17.5 Å². The van der Waals surface area contributed by atoms with Gasteiger partial charge in [0.15, 0.2) is 0 Å². The van der Waals surface area contributed by atoms with Crippen LogP contribution in [0.4, 0.5) is 0 Å². The smallest absolute Gasteiger partial charge is 0.326 e. The van der Waals surface area contributed by atoms with E-state index in [-0.39, 0.29) is 12.1 Å². The highest BCUT2D eigenvalue weighted by atomic mass is 79.9. The van der Waals surface area contributed by atoms with Crippen LogP contribution in [0.25, 0.3) is 10.9 Å². The molecule has 0 unspecified atom stereocenters. The number of benzene rings is 1. The summed E-state index contributed by atoms with van der Waals surface area (Å²) in [6.07, 6.45) is 0. The van der Waals surface area contributed by atoms with E-state index in [4.69, 9.17) is 4.74 Å². The van der Waals surface area contributed by atoms with Gasteiger partial charge in [0.1, 0.15) is 12.4 Å². The van der Waals surface area contributed by atoms with E-state index in [0.29, 0.717) is 23.3 Å². The molecule has 2 rings (SSSR count). The van der Waals surface area contributed by atoms with Crippen LogP contribution >= 0.6 is 15.9 Å². The molecule has 0 fully saturated rings. The van der Waals surface area contributed by atoms with E-state index >= 15 is 0 Å². The van der Waals surface area contributed by atoms with Gasteiger partial charge in [-0.05, 0) is 32.0 Å². The van der Waals surface area contributed by atoms with E-state index in [2.05, 4.69) is 20.9 Å². The molecule has 5 nitrogen and oxygen atoms in total. The minimum Gasteiger partial charge on any atom is -0.465 e. The van der Waals surface area contributed by atoms with Gasteiger partial charge in [-0.15, -0.1) is 0 Å². The van der Waals surface area contributed by atoms with Crippen molar-refractivity contribution in [3.8, 4) is 0 Å². The van der Waals surface area contributed by atoms with E-state index in [0.717, 1.165) is 4.47 Å². The molecule has 19 heavy (non-hydrogen) atoms. The van der Waals surface area contributed by atoms with Crippen LogP contribution in [0.1, 0.15) is 12.7 Å². The van der Waals surface area contributed by atoms with Crippen molar-refractivity contribution in [3.63, 3.8) is 0 Å². The second-order valence-electron chi connectivity index (χ2n) is 4.02. The summed E-state index contributed by atoms with van der Waals surface area (Å²) in [5, 5.41) is 0.476. The number of ether oxygens (including phenoxy) is 1. The van der Waals surface area contributed by atoms with Crippen LogP contribution in [0, 0.1) is 6.92 Å². The Balaban J connectivity index is 2.55. The molecule has 0 aliphatic rings. The molecule has 100 valence electrons. The maximum atomic E-state index is 12.3. The first-order chi connectivity index (χ1) is 9.02. The Bertz CT molecular complexity index is 694. The van der Waals surface area contributed by atoms with Crippen LogP contribution in [-0.2, 0) is 16.1 Å². The minimum atomic E-state index is -0.441. The average molecular weight is 325 g/mol. The Kier molecular flexibility index (Phi) is 3.99. The fourth-order valence-electron chi connectivity index (χ4n) is 1.83. The fourth-order valence-corrected chi connectivity index (χ4v) is 2.19. The average Bonchev–Trinajstić information content (AvgIpc) is 2.36. The number of carbonyl (C=O) groups excluding carboxylic acids is 1. The Morgan fingerprint density at radius 2 is 2.21 bits per heavy atom. The molecule has 0 spiro atoms. The normalized spacial score (nSPS) is 10.7. The lowest BCUT2D eigenvalue weighted by atomic mass is 10.2. The molecule has 0 radical (unpaired) electrons. The van der Waals surface area contributed by atoms with Gasteiger partial charge in [0.25, 0.3) is 5.56 Å². The number of aryl methyl sites for hydroxylation is 1. The van der Waals surface area contributed by atoms with Gasteiger partial charge >= 0.3 is 5.97 Å². The highest BCUT2D eigenvalue weighted by Gasteiger charge is 2.12. The molecule has 0 saturated carbocycles. The third kappa shape index (κ3) is 2.84. The summed E-state index contributed by atoms with van der Waals surface area (Å²) in [5.41, 5.74) is 0.377. The van der Waals surface area contributed by atoms with E-state index in [1.807, 2.05) is 6.07 Å². The Morgan fingerprint density at radius 3 is 2.89 bits per heavy atom. The topological polar surface area (TPSA) is 61.2 Å². The van der Waals surface area contributed by atoms with Crippen LogP contribution in [0.2, 0.25) is 0 Å². The third-order valence-corrected chi connectivity index (χ3v) is 3.19. The summed E-state index contributed by atoms with van der Waals surface area (Å²) in [5.74, 6) is 0.0525. The first kappa shape index (κ1) is 13.7. The summed E-state index contributed by atoms with van der Waals surface area (Å²) in [6, 6.07) is 5.29. The van der Waals surface area contributed by atoms with Crippen molar-refractivity contribution in [2.45, 2.75) is 20.4 Å². The second-order valence-corrected chi connectivity index (χ2v) is 4.93. The first-order valence-electron chi connectivity index (χ1n) is 5.85. The molecule has 0 N–H and O–H groups in total. The number of hydrogen-bond donors (Lipinski definition) is 0. The van der Waals surface area contributed by atoms with Gasteiger partial charge in [0, 0.05) is 4.47 Å². The Hall–Kier alpha value is -1.69. The van der Waals surface area contributed by atoms with Crippen molar-refractivity contribution >= 4 is 32.8 Å². The first-order valence-corrected chi connectivity index (χ1v) is 6.64. The van der Waals surface area contributed by atoms with Gasteiger partial charge in [0.2, 0.25) is 0 Å². The standard InChI is InChI=1S/C13H13BrN2O3/c1-3-19-12(17)7-16-8(2)15-11-5-4-9(14)6-10(11)13(16)18/h4-6H,3,7H2,1-2H3. The third-order valence-electron chi connectivity index (χ3n) is 2.70. The van der Waals surface area contributed by atoms with Gasteiger partial charge < -0.3 is 4.74 Å². The van der Waals surface area contributed by atoms with Gasteiger partial charge in [-0.25, -0.2) is 4.98 Å². The SMILES string of the molecule is CCOC(=O)Cn1c(C)nc2ccc(Br)cc2c1=O. The van der Waals surface area contributed by atoms with E-state index in [1.54, 1.807) is 26.0 Å². The minimum absolute atomic E-state index is 0.117. The number of nitrogens with zero attached hydrogens (tertiary/aromatic N) is 2. The number of fused-ring (bicyclic) bond motifs is 1. The van der Waals surface area contributed by atoms with Crippen molar-refractivity contribution in [3.05, 3.63) is 38.9 Å². The maximum absolute atomic E-state index is 12.3. The molecule has 6 heteroatoms. The zero-order valence-electron chi connectivity index (χ0n) is 10.6. The number of rotatable bonds is 3. The second kappa shape index (κ2) is 5.52. The van der Waals surface area contributed by atoms with Crippen molar-refractivity contribution < 1.29 is 9.53 Å². The predicted octanol–water partition coefficient (Wildman–Crippen LogP) is 2.03. The number of carbonyl (C=O) groups is 1. The summed E-state index contributed by atoms with van der Waals surface area (Å²) in [6.45, 7) is 3.60. The predicted molar refractivity (Wildman–Crippen MR) is 75.1 cm³/mol. The van der Waals surface area contributed by atoms with Crippen molar-refractivity contribution in [1.29, 1.82) is 0 Å². The molecule has 0 amide bonds. The van der Waals surface area contributed by atoms with Crippen LogP contribution < -0.4 is 5.56 Å². The molecule has 1 aromatic carbocycles. The van der Waals surface area contributed by atoms with E-state index in [9.17, 15) is 9.59 Å². The quantitative estimate of drug-likeness (QED) is 0.810. The number of esters is 1. The van der Waals surface area contributed by atoms with Crippen molar-refractivity contribution in [2.75, 3.05) is 6.61 Å². The molecule has 0 aliphatic heterocycles. The molecule has 0 bridgehead atoms. The van der Waals surface area contributed by atoms with Gasteiger partial charge in [-0.3, -0.25) is 14.2 Å². The molecule has 0 saturated heterocycles. The molecule has 1 heterocycles. The molecule has 1 aromatic heterocycles. The van der Waals surface area contributed by atoms with Crippen LogP contribution in [0.5, 0.6) is 0 Å². The zero-order chi connectivity index (χ0) is 14.0. The van der Waals surface area contributed by atoms with Gasteiger partial charge in [-0.2, -0.15) is 0 Å². The highest BCUT2D eigenvalue weighted by Crippen LogP contribution is 2.15. The van der Waals surface area contributed by atoms with Crippen LogP contribution in [0.3, 0.4) is 0 Å². The van der Waals surface area contributed by atoms with Crippen LogP contribution in [0.15, 0.2) is 27.5 Å². The monoisotopic (exact) mass is 324 g/mol. The molecular weight excluding hydrogens is 312 g/mol. The molecule has 0 atom stereocenters. The molecule has 2 aromatic rings. The highest BCUT2D eigenvalue weighted by molar-refractivity contribution is 9.10. The Labute approximate surface area is 118 Å². The lowest BCUT2D eigenvalue weighted by molar-refractivity contribution is -0.143. The number of aromatic nitrogens is 2. The summed E-state index contributed by atoms with van der Waals surface area (Å²) < 4.78 is 6.98. The molecule has 0 aliphatic carbocycles. The summed E-state index contributed by atoms with van der Waals surface area (Å²) in [7, 11) is 0. The lowest BCUT2D eigenvalue weighted by Crippen LogP contribution is -2.28. The van der Waals surface area contributed by atoms with Crippen molar-refractivity contribution in [2.24, 2.45) is 0 Å². The lowest BCUT2D eigenvalue weighted by Gasteiger charge is -2.10. The van der Waals surface area contributed by atoms with E-state index in [1.165, 1.54) is 4.57 Å². The summed E-state index contributed by atoms with van der Waals surface area (Å²) in [4.78, 5) is 28.2. The maximum Gasteiger partial charge on any atom is 0.326 e. The van der Waals surface area contributed by atoms with Gasteiger partial charge in [-0.1, -0.05) is 15.9 Å². The number of hydrogen-bond acceptors (Lipinski definition) is 4. The number of halogens is 1. The summed E-state index contributed by atoms with van der Waals surface area (Å²) >= 11 is 3.32. The van der Waals surface area contributed by atoms with Crippen LogP contribution in [-0.4, -0.2) is 22.1 Å². The fraction of sp³-hybridized carbons (Fsp3) is 0.308. The Morgan fingerprint density at radius 1 is 1.47 bits per heavy atom. The zero-order valence-corrected chi connectivity index (χ0v) is 12.2. The molecular formula is C13H13BrN2O3. The largest absolute Gasteiger partial charge is 0.465 e. The van der Waals surface area contributed by atoms with Crippen molar-refractivity contribution in [1.82, 2.24) is 9.55 Å².